The standard InChI is InChI=1S/C55H63FN6O9Si/c1-9-66-54(64)47(31-38-30-42(71-72(7,8)55(2,3)4)22-23-45(38)67-34-40-24-25-57-51(60-40)44-12-10-11-13-46(44)65-6)69-52-49-48(50(70-53(49)59-35-58-52)37-14-18-39(56)19-15-37)36-16-20-41(21-17-36)68-43(33-63)32-62-28-26-61(5)27-29-62/h10-25,30,35,43,47,63H,9,26-29,31-34H2,1-8H3/t43-,47+/m0/s1. The third-order valence-electron chi connectivity index (χ3n) is 13.1. The normalized spacial score (nSPS) is 14.4. The van der Waals surface area contributed by atoms with E-state index >= 15 is 0 Å². The molecule has 4 aromatic carbocycles. The van der Waals surface area contributed by atoms with Crippen LogP contribution in [0.4, 0.5) is 4.39 Å². The Labute approximate surface area is 421 Å². The molecule has 0 unspecified atom stereocenters. The van der Waals surface area contributed by atoms with Gasteiger partial charge in [0.2, 0.25) is 26.0 Å². The van der Waals surface area contributed by atoms with Crippen molar-refractivity contribution in [3.05, 3.63) is 127 Å². The Kier molecular flexibility index (Phi) is 16.2. The predicted molar refractivity (Wildman–Crippen MR) is 275 cm³/mol. The van der Waals surface area contributed by atoms with Crippen molar-refractivity contribution in [3.63, 3.8) is 0 Å². The maximum Gasteiger partial charge on any atom is 0.347 e. The minimum Gasteiger partial charge on any atom is -0.543 e. The fourth-order valence-electron chi connectivity index (χ4n) is 8.12. The third-order valence-corrected chi connectivity index (χ3v) is 17.5. The van der Waals surface area contributed by atoms with Crippen molar-refractivity contribution in [1.82, 2.24) is 29.7 Å². The second-order valence-electron chi connectivity index (χ2n) is 19.3. The summed E-state index contributed by atoms with van der Waals surface area (Å²) in [6, 6.07) is 28.2. The molecule has 1 aliphatic rings. The van der Waals surface area contributed by atoms with Gasteiger partial charge < -0.3 is 42.5 Å². The summed E-state index contributed by atoms with van der Waals surface area (Å²) in [7, 11) is 1.38. The largest absolute Gasteiger partial charge is 0.543 e. The van der Waals surface area contributed by atoms with E-state index in [0.29, 0.717) is 74.5 Å². The molecular weight excluding hydrogens is 936 g/mol. The van der Waals surface area contributed by atoms with E-state index < -0.39 is 32.3 Å². The van der Waals surface area contributed by atoms with Gasteiger partial charge in [-0.15, -0.1) is 0 Å². The Hall–Kier alpha value is -6.92. The lowest BCUT2D eigenvalue weighted by molar-refractivity contribution is -0.151. The number of furan rings is 1. The molecule has 0 radical (unpaired) electrons. The molecule has 1 saturated heterocycles. The van der Waals surface area contributed by atoms with Crippen molar-refractivity contribution in [1.29, 1.82) is 0 Å². The van der Waals surface area contributed by atoms with Crippen molar-refractivity contribution < 1.29 is 46.8 Å². The van der Waals surface area contributed by atoms with E-state index in [4.69, 9.17) is 37.5 Å². The van der Waals surface area contributed by atoms with Crippen molar-refractivity contribution in [2.75, 3.05) is 60.1 Å². The van der Waals surface area contributed by atoms with Crippen LogP contribution in [-0.4, -0.2) is 121 Å². The van der Waals surface area contributed by atoms with E-state index in [2.05, 4.69) is 65.7 Å². The number of aliphatic hydroxyl groups is 1. The number of aromatic nitrogens is 4. The molecule has 7 aromatic rings. The molecule has 0 spiro atoms. The predicted octanol–water partition coefficient (Wildman–Crippen LogP) is 9.66. The van der Waals surface area contributed by atoms with Crippen molar-refractivity contribution in [2.24, 2.45) is 0 Å². The molecule has 17 heteroatoms. The van der Waals surface area contributed by atoms with Gasteiger partial charge in [0, 0.05) is 62.0 Å². The molecule has 1 N–H and O–H groups in total. The second-order valence-corrected chi connectivity index (χ2v) is 24.0. The smallest absolute Gasteiger partial charge is 0.347 e. The van der Waals surface area contributed by atoms with Gasteiger partial charge in [0.15, 0.2) is 5.82 Å². The van der Waals surface area contributed by atoms with Gasteiger partial charge in [-0.2, -0.15) is 0 Å². The Morgan fingerprint density at radius 1 is 0.875 bits per heavy atom. The molecule has 378 valence electrons. The van der Waals surface area contributed by atoms with Crippen LogP contribution in [-0.2, 0) is 22.6 Å². The van der Waals surface area contributed by atoms with Gasteiger partial charge >= 0.3 is 5.97 Å². The number of halogens is 1. The van der Waals surface area contributed by atoms with Crippen LogP contribution in [0.2, 0.25) is 18.1 Å². The number of rotatable bonds is 20. The van der Waals surface area contributed by atoms with Gasteiger partial charge in [-0.3, -0.25) is 4.90 Å². The highest BCUT2D eigenvalue weighted by atomic mass is 28.4. The first kappa shape index (κ1) is 51.4. The second kappa shape index (κ2) is 22.7. The van der Waals surface area contributed by atoms with Crippen LogP contribution < -0.4 is 23.4 Å². The minimum atomic E-state index is -2.32. The van der Waals surface area contributed by atoms with Gasteiger partial charge in [0.05, 0.1) is 31.6 Å². The van der Waals surface area contributed by atoms with Crippen LogP contribution in [0.15, 0.2) is 114 Å². The first-order valence-electron chi connectivity index (χ1n) is 24.2. The van der Waals surface area contributed by atoms with Crippen LogP contribution in [0.3, 0.4) is 0 Å². The number of methoxy groups -OCH3 is 1. The number of hydrogen-bond acceptors (Lipinski definition) is 15. The average molecular weight is 999 g/mol. The summed E-state index contributed by atoms with van der Waals surface area (Å²) in [4.78, 5) is 37.2. The highest BCUT2D eigenvalue weighted by Crippen LogP contribution is 2.45. The zero-order chi connectivity index (χ0) is 51.0. The number of carbonyl (C=O) groups excluding carboxylic acids is 1. The molecular formula is C55H63FN6O9Si. The van der Waals surface area contributed by atoms with Crippen molar-refractivity contribution in [2.45, 2.75) is 71.1 Å². The lowest BCUT2D eigenvalue weighted by atomic mass is 9.99. The molecule has 0 saturated carbocycles. The van der Waals surface area contributed by atoms with E-state index in [1.807, 2.05) is 66.7 Å². The average Bonchev–Trinajstić information content (AvgIpc) is 3.77. The number of ether oxygens (including phenoxy) is 5. The van der Waals surface area contributed by atoms with E-state index in [1.54, 1.807) is 38.4 Å². The monoisotopic (exact) mass is 998 g/mol. The Balaban J connectivity index is 1.15. The fraction of sp³-hybridized carbons (Fsp3) is 0.364. The molecule has 72 heavy (non-hydrogen) atoms. The number of esters is 1. The van der Waals surface area contributed by atoms with Gasteiger partial charge in [-0.1, -0.05) is 45.0 Å². The quantitative estimate of drug-likeness (QED) is 0.0567. The molecule has 15 nitrogen and oxygen atoms in total. The molecule has 1 fully saturated rings. The fourth-order valence-corrected chi connectivity index (χ4v) is 9.14. The van der Waals surface area contributed by atoms with Crippen LogP contribution in [0.1, 0.15) is 39.0 Å². The number of piperazine rings is 1. The number of carbonyl (C=O) groups is 1. The van der Waals surface area contributed by atoms with Crippen LogP contribution in [0.25, 0.3) is 44.9 Å². The SMILES string of the molecule is CCOC(=O)[C@@H](Cc1cc(O[Si](C)(C)C(C)(C)C)ccc1OCc1ccnc(-c2ccccc2OC)n1)Oc1ncnc2oc(-c3ccc(F)cc3)c(-c3ccc(O[C@H](CO)CN4CCN(C)CC4)cc3)c12. The zero-order valence-corrected chi connectivity index (χ0v) is 43.2. The number of aliphatic hydroxyl groups excluding tert-OH is 1. The molecule has 4 heterocycles. The Bertz CT molecular complexity index is 2940. The molecule has 0 bridgehead atoms. The van der Waals surface area contributed by atoms with E-state index in [-0.39, 0.29) is 42.9 Å². The molecule has 8 rings (SSSR count). The van der Waals surface area contributed by atoms with Crippen LogP contribution in [0, 0.1) is 5.82 Å². The molecule has 1 aliphatic heterocycles. The first-order valence-corrected chi connectivity index (χ1v) is 27.1. The maximum atomic E-state index is 14.3. The number of benzene rings is 4. The van der Waals surface area contributed by atoms with Gasteiger partial charge in [-0.05, 0) is 110 Å². The molecule has 3 aromatic heterocycles. The van der Waals surface area contributed by atoms with E-state index in [1.165, 1.54) is 18.5 Å². The van der Waals surface area contributed by atoms with E-state index in [0.717, 1.165) is 31.7 Å². The summed E-state index contributed by atoms with van der Waals surface area (Å²) in [6.07, 6.45) is 1.26. The van der Waals surface area contributed by atoms with Gasteiger partial charge in [-0.25, -0.2) is 29.1 Å². The number of hydrogen-bond donors (Lipinski definition) is 1. The Morgan fingerprint density at radius 2 is 1.60 bits per heavy atom. The highest BCUT2D eigenvalue weighted by Gasteiger charge is 2.39. The van der Waals surface area contributed by atoms with Gasteiger partial charge in [0.25, 0.3) is 0 Å². The summed E-state index contributed by atoms with van der Waals surface area (Å²) in [5, 5.41) is 10.6. The highest BCUT2D eigenvalue weighted by molar-refractivity contribution is 6.74. The maximum absolute atomic E-state index is 14.3. The van der Waals surface area contributed by atoms with Crippen LogP contribution in [0.5, 0.6) is 28.9 Å². The van der Waals surface area contributed by atoms with Crippen LogP contribution >= 0.6 is 0 Å². The molecule has 0 amide bonds. The summed E-state index contributed by atoms with van der Waals surface area (Å²) >= 11 is 0. The number of para-hydroxylation sites is 1. The summed E-state index contributed by atoms with van der Waals surface area (Å²) in [5.74, 6) is 2.16. The first-order chi connectivity index (χ1) is 34.6. The molecule has 2 atom stereocenters. The topological polar surface area (TPSA) is 164 Å². The number of fused-ring (bicyclic) bond motifs is 1. The summed E-state index contributed by atoms with van der Waals surface area (Å²) in [5.41, 5.74) is 3.93. The van der Waals surface area contributed by atoms with Gasteiger partial charge in [0.1, 0.15) is 59.0 Å². The Morgan fingerprint density at radius 3 is 2.31 bits per heavy atom. The third kappa shape index (κ3) is 12.2. The van der Waals surface area contributed by atoms with Crippen molar-refractivity contribution >= 4 is 25.4 Å². The zero-order valence-electron chi connectivity index (χ0n) is 42.2. The number of likely N-dealkylation sites (N-methyl/N-ethyl adjacent to an activating group) is 1. The summed E-state index contributed by atoms with van der Waals surface area (Å²) in [6.45, 7) is 16.9. The van der Waals surface area contributed by atoms with E-state index in [9.17, 15) is 14.3 Å². The minimum absolute atomic E-state index is 0.0191. The van der Waals surface area contributed by atoms with Crippen molar-refractivity contribution in [3.8, 4) is 62.7 Å². The molecule has 0 aliphatic carbocycles. The lowest BCUT2D eigenvalue weighted by Crippen LogP contribution is -2.48. The lowest BCUT2D eigenvalue weighted by Gasteiger charge is -2.36. The number of nitrogens with zero attached hydrogens (tertiary/aromatic N) is 6. The summed E-state index contributed by atoms with van der Waals surface area (Å²) < 4.78 is 58.4.